The van der Waals surface area contributed by atoms with Crippen molar-refractivity contribution in [1.82, 2.24) is 5.32 Å². The minimum Gasteiger partial charge on any atom is -0.409 e. The Morgan fingerprint density at radius 1 is 1.50 bits per heavy atom. The van der Waals surface area contributed by atoms with Crippen LogP contribution in [0, 0.1) is 12.3 Å². The fourth-order valence-electron chi connectivity index (χ4n) is 1.95. The van der Waals surface area contributed by atoms with E-state index in [-0.39, 0.29) is 11.7 Å². The molecule has 0 bridgehead atoms. The van der Waals surface area contributed by atoms with Crippen molar-refractivity contribution in [3.63, 3.8) is 0 Å². The van der Waals surface area contributed by atoms with E-state index in [9.17, 15) is 4.79 Å². The molecule has 1 amide bonds. The predicted octanol–water partition coefficient (Wildman–Crippen LogP) is 1.82. The molecule has 0 saturated carbocycles. The standard InChI is InChI=1S/C15H23N3O2/c1-4-15(3,13(16)18-20)14(19)17-9-8-12-7-5-6-11(2)10-12/h5-7,10,20H,4,8-9H2,1-3H3,(H2,16,18)(H,17,19). The van der Waals surface area contributed by atoms with Crippen LogP contribution in [-0.4, -0.2) is 23.5 Å². The molecule has 20 heavy (non-hydrogen) atoms. The number of benzene rings is 1. The van der Waals surface area contributed by atoms with Gasteiger partial charge in [-0.25, -0.2) is 0 Å². The van der Waals surface area contributed by atoms with Crippen LogP contribution in [0.15, 0.2) is 29.4 Å². The van der Waals surface area contributed by atoms with E-state index < -0.39 is 5.41 Å². The number of hydrogen-bond acceptors (Lipinski definition) is 3. The number of aryl methyl sites for hydroxylation is 1. The Labute approximate surface area is 119 Å². The largest absolute Gasteiger partial charge is 0.409 e. The number of rotatable bonds is 6. The third-order valence-electron chi connectivity index (χ3n) is 3.66. The van der Waals surface area contributed by atoms with Crippen LogP contribution in [-0.2, 0) is 11.2 Å². The lowest BCUT2D eigenvalue weighted by Gasteiger charge is -2.25. The second-order valence-electron chi connectivity index (χ2n) is 5.17. The quantitative estimate of drug-likeness (QED) is 0.321. The molecule has 0 spiro atoms. The zero-order valence-corrected chi connectivity index (χ0v) is 12.3. The van der Waals surface area contributed by atoms with Crippen LogP contribution in [0.2, 0.25) is 0 Å². The molecule has 1 aromatic carbocycles. The number of carbonyl (C=O) groups excluding carboxylic acids is 1. The third kappa shape index (κ3) is 3.73. The minimum atomic E-state index is -0.971. The molecule has 0 saturated heterocycles. The van der Waals surface area contributed by atoms with Crippen LogP contribution in [0.5, 0.6) is 0 Å². The Kier molecular flexibility index (Phi) is 5.55. The van der Waals surface area contributed by atoms with Crippen molar-refractivity contribution >= 4 is 11.7 Å². The van der Waals surface area contributed by atoms with Crippen LogP contribution in [0.25, 0.3) is 0 Å². The highest BCUT2D eigenvalue weighted by Crippen LogP contribution is 2.21. The van der Waals surface area contributed by atoms with Gasteiger partial charge in [-0.3, -0.25) is 4.79 Å². The highest BCUT2D eigenvalue weighted by molar-refractivity contribution is 6.06. The van der Waals surface area contributed by atoms with Crippen LogP contribution < -0.4 is 11.1 Å². The van der Waals surface area contributed by atoms with E-state index in [4.69, 9.17) is 10.9 Å². The lowest BCUT2D eigenvalue weighted by atomic mass is 9.85. The van der Waals surface area contributed by atoms with Gasteiger partial charge in [0, 0.05) is 6.54 Å². The van der Waals surface area contributed by atoms with Crippen molar-refractivity contribution in [1.29, 1.82) is 0 Å². The first kappa shape index (κ1) is 16.0. The molecule has 0 fully saturated rings. The molecule has 1 aromatic rings. The smallest absolute Gasteiger partial charge is 0.233 e. The van der Waals surface area contributed by atoms with E-state index in [1.807, 2.05) is 32.0 Å². The summed E-state index contributed by atoms with van der Waals surface area (Å²) < 4.78 is 0. The molecule has 0 aliphatic rings. The van der Waals surface area contributed by atoms with E-state index in [2.05, 4.69) is 16.5 Å². The maximum Gasteiger partial charge on any atom is 0.233 e. The molecule has 1 atom stereocenters. The number of nitrogens with one attached hydrogen (secondary N) is 1. The Bertz CT molecular complexity index is 500. The highest BCUT2D eigenvalue weighted by atomic mass is 16.4. The first-order chi connectivity index (χ1) is 9.43. The van der Waals surface area contributed by atoms with Gasteiger partial charge in [-0.05, 0) is 32.3 Å². The minimum absolute atomic E-state index is 0.0620. The normalized spacial score (nSPS) is 14.7. The van der Waals surface area contributed by atoms with Gasteiger partial charge in [0.25, 0.3) is 0 Å². The summed E-state index contributed by atoms with van der Waals surface area (Å²) in [6.45, 7) is 6.06. The molecule has 110 valence electrons. The topological polar surface area (TPSA) is 87.7 Å². The van der Waals surface area contributed by atoms with Gasteiger partial charge in [0.05, 0.1) is 0 Å². The van der Waals surface area contributed by atoms with E-state index in [0.717, 1.165) is 6.42 Å². The molecule has 0 aliphatic carbocycles. The zero-order valence-electron chi connectivity index (χ0n) is 12.3. The number of oxime groups is 1. The van der Waals surface area contributed by atoms with Gasteiger partial charge in [0.1, 0.15) is 5.41 Å². The van der Waals surface area contributed by atoms with Crippen LogP contribution in [0.1, 0.15) is 31.4 Å². The summed E-state index contributed by atoms with van der Waals surface area (Å²) in [7, 11) is 0. The fourth-order valence-corrected chi connectivity index (χ4v) is 1.95. The van der Waals surface area contributed by atoms with Gasteiger partial charge < -0.3 is 16.3 Å². The Morgan fingerprint density at radius 2 is 2.20 bits per heavy atom. The van der Waals surface area contributed by atoms with Gasteiger partial charge >= 0.3 is 0 Å². The number of carbonyl (C=O) groups is 1. The molecule has 0 heterocycles. The fraction of sp³-hybridized carbons (Fsp3) is 0.467. The Balaban J connectivity index is 2.59. The van der Waals surface area contributed by atoms with Gasteiger partial charge in [-0.15, -0.1) is 0 Å². The van der Waals surface area contributed by atoms with Crippen LogP contribution >= 0.6 is 0 Å². The van der Waals surface area contributed by atoms with Gasteiger partial charge in [-0.1, -0.05) is 41.9 Å². The van der Waals surface area contributed by atoms with E-state index >= 15 is 0 Å². The van der Waals surface area contributed by atoms with E-state index in [1.54, 1.807) is 6.92 Å². The molecular formula is C15H23N3O2. The van der Waals surface area contributed by atoms with Crippen molar-refractivity contribution < 1.29 is 10.0 Å². The summed E-state index contributed by atoms with van der Waals surface area (Å²) in [4.78, 5) is 12.2. The third-order valence-corrected chi connectivity index (χ3v) is 3.66. The summed E-state index contributed by atoms with van der Waals surface area (Å²) in [6.07, 6.45) is 1.22. The summed E-state index contributed by atoms with van der Waals surface area (Å²) in [5.41, 5.74) is 7.01. The summed E-state index contributed by atoms with van der Waals surface area (Å²) in [5, 5.41) is 14.6. The average Bonchev–Trinajstić information content (AvgIpc) is 2.45. The molecule has 5 nitrogen and oxygen atoms in total. The highest BCUT2D eigenvalue weighted by Gasteiger charge is 2.35. The van der Waals surface area contributed by atoms with Crippen LogP contribution in [0.3, 0.4) is 0 Å². The monoisotopic (exact) mass is 277 g/mol. The predicted molar refractivity (Wildman–Crippen MR) is 79.7 cm³/mol. The van der Waals surface area contributed by atoms with Crippen molar-refractivity contribution in [2.45, 2.75) is 33.6 Å². The lowest BCUT2D eigenvalue weighted by Crippen LogP contribution is -2.48. The second kappa shape index (κ2) is 6.93. The van der Waals surface area contributed by atoms with Gasteiger partial charge in [0.2, 0.25) is 5.91 Å². The molecule has 1 rings (SSSR count). The number of nitrogens with two attached hydrogens (primary N) is 1. The molecular weight excluding hydrogens is 254 g/mol. The molecule has 5 heteroatoms. The van der Waals surface area contributed by atoms with E-state index in [0.29, 0.717) is 13.0 Å². The number of amides is 1. The maximum atomic E-state index is 12.2. The van der Waals surface area contributed by atoms with Crippen molar-refractivity contribution in [3.05, 3.63) is 35.4 Å². The molecule has 4 N–H and O–H groups in total. The lowest BCUT2D eigenvalue weighted by molar-refractivity contribution is -0.127. The second-order valence-corrected chi connectivity index (χ2v) is 5.17. The van der Waals surface area contributed by atoms with Crippen molar-refractivity contribution in [2.24, 2.45) is 16.3 Å². The van der Waals surface area contributed by atoms with Gasteiger partial charge in [0.15, 0.2) is 5.84 Å². The van der Waals surface area contributed by atoms with E-state index in [1.165, 1.54) is 11.1 Å². The van der Waals surface area contributed by atoms with Gasteiger partial charge in [-0.2, -0.15) is 0 Å². The number of nitrogens with zero attached hydrogens (tertiary/aromatic N) is 1. The summed E-state index contributed by atoms with van der Waals surface area (Å²) in [6, 6.07) is 8.16. The van der Waals surface area contributed by atoms with Crippen LogP contribution in [0.4, 0.5) is 0 Å². The summed E-state index contributed by atoms with van der Waals surface area (Å²) in [5.74, 6) is -0.281. The number of hydrogen-bond donors (Lipinski definition) is 3. The molecule has 0 aliphatic heterocycles. The first-order valence-corrected chi connectivity index (χ1v) is 6.76. The average molecular weight is 277 g/mol. The Hall–Kier alpha value is -2.04. The molecule has 0 aromatic heterocycles. The molecule has 1 unspecified atom stereocenters. The SMILES string of the molecule is CCC(C)(C(=O)NCCc1cccc(C)c1)/C(N)=N/O. The Morgan fingerprint density at radius 3 is 2.75 bits per heavy atom. The zero-order chi connectivity index (χ0) is 15.2. The van der Waals surface area contributed by atoms with Crippen molar-refractivity contribution in [3.8, 4) is 0 Å². The number of amidine groups is 1. The first-order valence-electron chi connectivity index (χ1n) is 6.76. The molecule has 0 radical (unpaired) electrons. The van der Waals surface area contributed by atoms with Crippen molar-refractivity contribution in [2.75, 3.05) is 6.54 Å². The summed E-state index contributed by atoms with van der Waals surface area (Å²) >= 11 is 0. The maximum absolute atomic E-state index is 12.2.